The number of Topliss-reactive ketones (excluding diaryl/α,β-unsaturated/α-hetero) is 1. The standard InChI is InChI=1S/C12H24O/c1-5-6-7-12(8-10(2)3)9-11(4)13/h10,12H,5-9H2,1-4H3/t12-/m0/s1. The van der Waals surface area contributed by atoms with Crippen molar-refractivity contribution in [3.8, 4) is 0 Å². The highest BCUT2D eigenvalue weighted by atomic mass is 16.1. The van der Waals surface area contributed by atoms with Crippen molar-refractivity contribution in [2.75, 3.05) is 0 Å². The first-order valence-corrected chi connectivity index (χ1v) is 5.55. The molecule has 78 valence electrons. The van der Waals surface area contributed by atoms with E-state index in [1.807, 2.05) is 0 Å². The molecule has 0 heterocycles. The maximum absolute atomic E-state index is 11.0. The normalized spacial score (nSPS) is 13.3. The highest BCUT2D eigenvalue weighted by molar-refractivity contribution is 5.75. The summed E-state index contributed by atoms with van der Waals surface area (Å²) in [4.78, 5) is 11.0. The first-order chi connectivity index (χ1) is 6.06. The molecule has 1 atom stereocenters. The van der Waals surface area contributed by atoms with Crippen LogP contribution in [-0.4, -0.2) is 5.78 Å². The Bertz CT molecular complexity index is 138. The molecule has 0 aromatic heterocycles. The molecule has 0 fully saturated rings. The number of hydrogen-bond donors (Lipinski definition) is 0. The van der Waals surface area contributed by atoms with E-state index in [-0.39, 0.29) is 0 Å². The van der Waals surface area contributed by atoms with Gasteiger partial charge >= 0.3 is 0 Å². The summed E-state index contributed by atoms with van der Waals surface area (Å²) in [7, 11) is 0. The van der Waals surface area contributed by atoms with Crippen molar-refractivity contribution in [3.05, 3.63) is 0 Å². The molecule has 0 saturated heterocycles. The Morgan fingerprint density at radius 1 is 1.31 bits per heavy atom. The average molecular weight is 184 g/mol. The van der Waals surface area contributed by atoms with Gasteiger partial charge < -0.3 is 4.79 Å². The summed E-state index contributed by atoms with van der Waals surface area (Å²) in [5, 5.41) is 0. The van der Waals surface area contributed by atoms with E-state index in [2.05, 4.69) is 20.8 Å². The van der Waals surface area contributed by atoms with Crippen molar-refractivity contribution in [2.45, 2.75) is 59.8 Å². The van der Waals surface area contributed by atoms with Crippen LogP contribution in [0.1, 0.15) is 59.8 Å². The van der Waals surface area contributed by atoms with E-state index in [0.29, 0.717) is 11.7 Å². The number of rotatable bonds is 7. The van der Waals surface area contributed by atoms with E-state index in [9.17, 15) is 4.79 Å². The van der Waals surface area contributed by atoms with Crippen molar-refractivity contribution in [1.29, 1.82) is 0 Å². The van der Waals surface area contributed by atoms with Crippen molar-refractivity contribution in [2.24, 2.45) is 11.8 Å². The summed E-state index contributed by atoms with van der Waals surface area (Å²) in [6.07, 6.45) is 5.74. The molecule has 0 radical (unpaired) electrons. The van der Waals surface area contributed by atoms with Crippen molar-refractivity contribution in [3.63, 3.8) is 0 Å². The highest BCUT2D eigenvalue weighted by Crippen LogP contribution is 2.21. The fourth-order valence-corrected chi connectivity index (χ4v) is 1.87. The van der Waals surface area contributed by atoms with Gasteiger partial charge in [0.05, 0.1) is 0 Å². The molecule has 1 nitrogen and oxygen atoms in total. The zero-order valence-corrected chi connectivity index (χ0v) is 9.60. The molecule has 0 aromatic carbocycles. The summed E-state index contributed by atoms with van der Waals surface area (Å²) < 4.78 is 0. The molecule has 0 aliphatic rings. The van der Waals surface area contributed by atoms with Crippen molar-refractivity contribution >= 4 is 5.78 Å². The SMILES string of the molecule is CCCC[C@H](CC(C)=O)CC(C)C. The topological polar surface area (TPSA) is 17.1 Å². The molecule has 0 aliphatic carbocycles. The van der Waals surface area contributed by atoms with Gasteiger partial charge in [0, 0.05) is 6.42 Å². The Labute approximate surface area is 82.9 Å². The Kier molecular flexibility index (Phi) is 6.93. The van der Waals surface area contributed by atoms with Crippen LogP contribution in [0.25, 0.3) is 0 Å². The Morgan fingerprint density at radius 2 is 1.92 bits per heavy atom. The predicted octanol–water partition coefficient (Wildman–Crippen LogP) is 3.82. The zero-order valence-electron chi connectivity index (χ0n) is 9.60. The molecule has 0 unspecified atom stereocenters. The zero-order chi connectivity index (χ0) is 10.3. The van der Waals surface area contributed by atoms with Crippen molar-refractivity contribution < 1.29 is 4.79 Å². The number of carbonyl (C=O) groups is 1. The maximum Gasteiger partial charge on any atom is 0.130 e. The van der Waals surface area contributed by atoms with E-state index in [0.717, 1.165) is 12.3 Å². The molecule has 0 aliphatic heterocycles. The number of carbonyl (C=O) groups excluding carboxylic acids is 1. The van der Waals surface area contributed by atoms with Gasteiger partial charge in [0.25, 0.3) is 0 Å². The van der Waals surface area contributed by atoms with Crippen LogP contribution in [0.3, 0.4) is 0 Å². The van der Waals surface area contributed by atoms with Crippen LogP contribution in [0.15, 0.2) is 0 Å². The smallest absolute Gasteiger partial charge is 0.130 e. The minimum Gasteiger partial charge on any atom is -0.300 e. The minimum atomic E-state index is 0.349. The van der Waals surface area contributed by atoms with Crippen LogP contribution in [-0.2, 0) is 4.79 Å². The second-order valence-corrected chi connectivity index (χ2v) is 4.54. The highest BCUT2D eigenvalue weighted by Gasteiger charge is 2.12. The Morgan fingerprint density at radius 3 is 2.31 bits per heavy atom. The quantitative estimate of drug-likeness (QED) is 0.588. The van der Waals surface area contributed by atoms with E-state index < -0.39 is 0 Å². The van der Waals surface area contributed by atoms with Crippen LogP contribution in [0.4, 0.5) is 0 Å². The first kappa shape index (κ1) is 12.7. The summed E-state index contributed by atoms with van der Waals surface area (Å²) in [5.41, 5.74) is 0. The molecule has 0 spiro atoms. The third-order valence-electron chi connectivity index (χ3n) is 2.35. The van der Waals surface area contributed by atoms with E-state index in [1.165, 1.54) is 25.7 Å². The van der Waals surface area contributed by atoms with Gasteiger partial charge in [0.15, 0.2) is 0 Å². The van der Waals surface area contributed by atoms with Gasteiger partial charge in [-0.25, -0.2) is 0 Å². The summed E-state index contributed by atoms with van der Waals surface area (Å²) in [5.74, 6) is 1.71. The molecule has 0 aromatic rings. The number of unbranched alkanes of at least 4 members (excludes halogenated alkanes) is 1. The Balaban J connectivity index is 3.80. The third-order valence-corrected chi connectivity index (χ3v) is 2.35. The van der Waals surface area contributed by atoms with Crippen LogP contribution in [0.5, 0.6) is 0 Å². The van der Waals surface area contributed by atoms with Gasteiger partial charge in [-0.05, 0) is 25.2 Å². The summed E-state index contributed by atoms with van der Waals surface area (Å²) in [6, 6.07) is 0. The molecule has 0 saturated carbocycles. The van der Waals surface area contributed by atoms with Gasteiger partial charge in [0.1, 0.15) is 5.78 Å². The second kappa shape index (κ2) is 7.11. The molecule has 13 heavy (non-hydrogen) atoms. The van der Waals surface area contributed by atoms with Gasteiger partial charge in [-0.15, -0.1) is 0 Å². The second-order valence-electron chi connectivity index (χ2n) is 4.54. The van der Waals surface area contributed by atoms with Gasteiger partial charge in [-0.1, -0.05) is 40.0 Å². The summed E-state index contributed by atoms with van der Waals surface area (Å²) >= 11 is 0. The lowest BCUT2D eigenvalue weighted by Crippen LogP contribution is -2.09. The van der Waals surface area contributed by atoms with E-state index in [1.54, 1.807) is 6.92 Å². The van der Waals surface area contributed by atoms with Crippen LogP contribution in [0, 0.1) is 11.8 Å². The Hall–Kier alpha value is -0.330. The molecule has 0 rings (SSSR count). The molecule has 1 heteroatoms. The lowest BCUT2D eigenvalue weighted by molar-refractivity contribution is -0.118. The van der Waals surface area contributed by atoms with Gasteiger partial charge in [0.2, 0.25) is 0 Å². The van der Waals surface area contributed by atoms with Crippen LogP contribution >= 0.6 is 0 Å². The fourth-order valence-electron chi connectivity index (χ4n) is 1.87. The number of ketones is 1. The van der Waals surface area contributed by atoms with E-state index >= 15 is 0 Å². The molecule has 0 amide bonds. The molecular weight excluding hydrogens is 160 g/mol. The third kappa shape index (κ3) is 8.01. The lowest BCUT2D eigenvalue weighted by atomic mass is 9.88. The van der Waals surface area contributed by atoms with Gasteiger partial charge in [-0.3, -0.25) is 0 Å². The average Bonchev–Trinajstić information content (AvgIpc) is 1.98. The maximum atomic E-state index is 11.0. The molecular formula is C12H24O. The van der Waals surface area contributed by atoms with E-state index in [4.69, 9.17) is 0 Å². The van der Waals surface area contributed by atoms with Crippen molar-refractivity contribution in [1.82, 2.24) is 0 Å². The largest absolute Gasteiger partial charge is 0.300 e. The minimum absolute atomic E-state index is 0.349. The predicted molar refractivity (Wildman–Crippen MR) is 57.8 cm³/mol. The monoisotopic (exact) mass is 184 g/mol. The van der Waals surface area contributed by atoms with Gasteiger partial charge in [-0.2, -0.15) is 0 Å². The van der Waals surface area contributed by atoms with Crippen LogP contribution < -0.4 is 0 Å². The first-order valence-electron chi connectivity index (χ1n) is 5.55. The summed E-state index contributed by atoms with van der Waals surface area (Å²) in [6.45, 7) is 8.39. The molecule has 0 bridgehead atoms. The number of hydrogen-bond acceptors (Lipinski definition) is 1. The lowest BCUT2D eigenvalue weighted by Gasteiger charge is -2.17. The molecule has 0 N–H and O–H groups in total. The van der Waals surface area contributed by atoms with Crippen LogP contribution in [0.2, 0.25) is 0 Å². The fraction of sp³-hybridized carbons (Fsp3) is 0.917.